The van der Waals surface area contributed by atoms with Crippen molar-refractivity contribution in [2.45, 2.75) is 33.4 Å². The Morgan fingerprint density at radius 1 is 1.10 bits per heavy atom. The molecule has 0 saturated carbocycles. The lowest BCUT2D eigenvalue weighted by molar-refractivity contribution is -0.137. The average molecular weight is 426 g/mol. The van der Waals surface area contributed by atoms with Crippen LogP contribution in [-0.2, 0) is 17.4 Å². The van der Waals surface area contributed by atoms with Crippen molar-refractivity contribution in [1.29, 1.82) is 0 Å². The number of hydrogen-bond acceptors (Lipinski definition) is 2. The second kappa shape index (κ2) is 7.61. The van der Waals surface area contributed by atoms with Gasteiger partial charge in [-0.15, -0.1) is 0 Å². The van der Waals surface area contributed by atoms with E-state index in [0.29, 0.717) is 28.3 Å². The predicted octanol–water partition coefficient (Wildman–Crippen LogP) is 5.48. The summed E-state index contributed by atoms with van der Waals surface area (Å²) in [6.07, 6.45) is -4.37. The topological polar surface area (TPSA) is 62.7 Å². The van der Waals surface area contributed by atoms with Gasteiger partial charge in [-0.3, -0.25) is 4.79 Å². The third-order valence-corrected chi connectivity index (χ3v) is 5.24. The first-order chi connectivity index (χ1) is 14.6. The zero-order chi connectivity index (χ0) is 22.3. The molecule has 1 amide bonds. The number of carbonyl (C=O) groups excluding carboxylic acids is 1. The van der Waals surface area contributed by atoms with E-state index in [9.17, 15) is 18.0 Å². The number of H-pyrrole nitrogens is 1. The highest BCUT2D eigenvalue weighted by Crippen LogP contribution is 2.31. The highest BCUT2D eigenvalue weighted by atomic mass is 19.4. The van der Waals surface area contributed by atoms with Gasteiger partial charge in [-0.25, -0.2) is 4.68 Å². The standard InChI is InChI=1S/C23H21F3N4O/c1-13-9-16-10-18(7-8-21(16)27-13)28-22(31)12-20-14(2)29-30(15(20)3)19-6-4-5-17(11-19)23(24,25)26/h4-11,27H,12H2,1-3H3,(H,28,31). The number of carbonyl (C=O) groups is 1. The molecule has 0 spiro atoms. The Bertz CT molecular complexity index is 1280. The number of halogens is 3. The van der Waals surface area contributed by atoms with Crippen LogP contribution in [0.1, 0.15) is 28.2 Å². The van der Waals surface area contributed by atoms with E-state index in [-0.39, 0.29) is 12.3 Å². The molecule has 0 radical (unpaired) electrons. The van der Waals surface area contributed by atoms with Crippen LogP contribution >= 0.6 is 0 Å². The lowest BCUT2D eigenvalue weighted by Crippen LogP contribution is -2.15. The maximum atomic E-state index is 13.1. The number of amides is 1. The van der Waals surface area contributed by atoms with Gasteiger partial charge in [-0.2, -0.15) is 18.3 Å². The molecule has 0 atom stereocenters. The molecule has 0 saturated heterocycles. The first-order valence-corrected chi connectivity index (χ1v) is 9.74. The molecule has 2 N–H and O–H groups in total. The molecule has 0 unspecified atom stereocenters. The molecule has 160 valence electrons. The third kappa shape index (κ3) is 4.19. The molecule has 8 heteroatoms. The molecule has 2 aromatic heterocycles. The number of aromatic amines is 1. The number of hydrogen-bond donors (Lipinski definition) is 2. The number of aromatic nitrogens is 3. The van der Waals surface area contributed by atoms with Crippen molar-refractivity contribution in [1.82, 2.24) is 14.8 Å². The fraction of sp³-hybridized carbons (Fsp3) is 0.217. The zero-order valence-electron chi connectivity index (χ0n) is 17.3. The van der Waals surface area contributed by atoms with Crippen molar-refractivity contribution in [2.75, 3.05) is 5.32 Å². The Morgan fingerprint density at radius 2 is 1.87 bits per heavy atom. The summed E-state index contributed by atoms with van der Waals surface area (Å²) < 4.78 is 40.6. The Hall–Kier alpha value is -3.55. The number of nitrogens with zero attached hydrogens (tertiary/aromatic N) is 2. The monoisotopic (exact) mass is 426 g/mol. The van der Waals surface area contributed by atoms with Crippen molar-refractivity contribution in [3.05, 3.63) is 76.7 Å². The SMILES string of the molecule is Cc1cc2cc(NC(=O)Cc3c(C)nn(-c4cccc(C(F)(F)F)c4)c3C)ccc2[nH]1. The number of rotatable bonds is 4. The summed E-state index contributed by atoms with van der Waals surface area (Å²) in [5.41, 5.74) is 4.18. The smallest absolute Gasteiger partial charge is 0.359 e. The summed E-state index contributed by atoms with van der Waals surface area (Å²) in [6, 6.07) is 12.6. The van der Waals surface area contributed by atoms with Gasteiger partial charge in [-0.05, 0) is 63.2 Å². The maximum Gasteiger partial charge on any atom is 0.416 e. The summed E-state index contributed by atoms with van der Waals surface area (Å²) in [5.74, 6) is -0.221. The quantitative estimate of drug-likeness (QED) is 0.454. The van der Waals surface area contributed by atoms with E-state index in [2.05, 4.69) is 15.4 Å². The molecule has 4 aromatic rings. The van der Waals surface area contributed by atoms with Crippen molar-refractivity contribution >= 4 is 22.5 Å². The molecule has 2 heterocycles. The number of anilines is 1. The van der Waals surface area contributed by atoms with E-state index in [1.165, 1.54) is 10.7 Å². The van der Waals surface area contributed by atoms with Crippen molar-refractivity contribution in [2.24, 2.45) is 0 Å². The molecule has 4 rings (SSSR count). The molecule has 0 bridgehead atoms. The summed E-state index contributed by atoms with van der Waals surface area (Å²) in [7, 11) is 0. The van der Waals surface area contributed by atoms with Crippen LogP contribution in [0.5, 0.6) is 0 Å². The largest absolute Gasteiger partial charge is 0.416 e. The average Bonchev–Trinajstić information content (AvgIpc) is 3.20. The van der Waals surface area contributed by atoms with Gasteiger partial charge >= 0.3 is 6.18 Å². The second-order valence-electron chi connectivity index (χ2n) is 7.59. The van der Waals surface area contributed by atoms with Crippen molar-refractivity contribution in [3.8, 4) is 5.69 Å². The fourth-order valence-corrected chi connectivity index (χ4v) is 3.72. The van der Waals surface area contributed by atoms with Gasteiger partial charge in [0.15, 0.2) is 0 Å². The lowest BCUT2D eigenvalue weighted by Gasteiger charge is -2.10. The minimum atomic E-state index is -4.44. The molecular formula is C23H21F3N4O. The van der Waals surface area contributed by atoms with Gasteiger partial charge in [0.25, 0.3) is 0 Å². The number of alkyl halides is 3. The third-order valence-electron chi connectivity index (χ3n) is 5.24. The summed E-state index contributed by atoms with van der Waals surface area (Å²) in [4.78, 5) is 15.9. The van der Waals surface area contributed by atoms with Crippen LogP contribution in [0.15, 0.2) is 48.5 Å². The van der Waals surface area contributed by atoms with Crippen LogP contribution in [0.25, 0.3) is 16.6 Å². The number of benzene rings is 2. The van der Waals surface area contributed by atoms with Crippen LogP contribution in [0.3, 0.4) is 0 Å². The summed E-state index contributed by atoms with van der Waals surface area (Å²) in [5, 5.41) is 8.26. The van der Waals surface area contributed by atoms with E-state index < -0.39 is 11.7 Å². The van der Waals surface area contributed by atoms with E-state index in [4.69, 9.17) is 0 Å². The second-order valence-corrected chi connectivity index (χ2v) is 7.59. The van der Waals surface area contributed by atoms with Crippen LogP contribution in [0.2, 0.25) is 0 Å². The highest BCUT2D eigenvalue weighted by Gasteiger charge is 2.30. The molecule has 0 aliphatic rings. The Kier molecular flexibility index (Phi) is 5.08. The first kappa shape index (κ1) is 20.7. The summed E-state index contributed by atoms with van der Waals surface area (Å²) >= 11 is 0. The van der Waals surface area contributed by atoms with Crippen LogP contribution in [0.4, 0.5) is 18.9 Å². The Labute approximate surface area is 176 Å². The number of nitrogens with one attached hydrogen (secondary N) is 2. The molecule has 0 aliphatic carbocycles. The maximum absolute atomic E-state index is 13.1. The van der Waals surface area contributed by atoms with Crippen molar-refractivity contribution < 1.29 is 18.0 Å². The van der Waals surface area contributed by atoms with Gasteiger partial charge in [0.1, 0.15) is 0 Å². The summed E-state index contributed by atoms with van der Waals surface area (Å²) in [6.45, 7) is 5.46. The van der Waals surface area contributed by atoms with E-state index in [1.807, 2.05) is 31.2 Å². The lowest BCUT2D eigenvalue weighted by atomic mass is 10.1. The Morgan fingerprint density at radius 3 is 2.61 bits per heavy atom. The number of aryl methyl sites for hydroxylation is 2. The van der Waals surface area contributed by atoms with Crippen LogP contribution in [-0.4, -0.2) is 20.7 Å². The van der Waals surface area contributed by atoms with E-state index >= 15 is 0 Å². The molecule has 2 aromatic carbocycles. The fourth-order valence-electron chi connectivity index (χ4n) is 3.72. The van der Waals surface area contributed by atoms with Crippen LogP contribution in [0, 0.1) is 20.8 Å². The van der Waals surface area contributed by atoms with E-state index in [1.54, 1.807) is 19.9 Å². The predicted molar refractivity (Wildman–Crippen MR) is 113 cm³/mol. The minimum Gasteiger partial charge on any atom is -0.359 e. The van der Waals surface area contributed by atoms with Gasteiger partial charge < -0.3 is 10.3 Å². The van der Waals surface area contributed by atoms with Gasteiger partial charge in [-0.1, -0.05) is 6.07 Å². The zero-order valence-corrected chi connectivity index (χ0v) is 17.3. The molecule has 5 nitrogen and oxygen atoms in total. The van der Waals surface area contributed by atoms with Gasteiger partial charge in [0.05, 0.1) is 23.4 Å². The Balaban J connectivity index is 1.56. The highest BCUT2D eigenvalue weighted by molar-refractivity contribution is 5.95. The molecule has 0 aliphatic heterocycles. The van der Waals surface area contributed by atoms with E-state index in [0.717, 1.165) is 28.7 Å². The normalized spacial score (nSPS) is 11.8. The molecular weight excluding hydrogens is 405 g/mol. The first-order valence-electron chi connectivity index (χ1n) is 9.74. The molecule has 0 fully saturated rings. The minimum absolute atomic E-state index is 0.0703. The van der Waals surface area contributed by atoms with Crippen molar-refractivity contribution in [3.63, 3.8) is 0 Å². The van der Waals surface area contributed by atoms with Crippen LogP contribution < -0.4 is 5.32 Å². The van der Waals surface area contributed by atoms with Gasteiger partial charge in [0, 0.05) is 33.5 Å². The molecule has 31 heavy (non-hydrogen) atoms. The number of fused-ring (bicyclic) bond motifs is 1. The van der Waals surface area contributed by atoms with Gasteiger partial charge in [0.2, 0.25) is 5.91 Å².